The molecule has 0 spiro atoms. The summed E-state index contributed by atoms with van der Waals surface area (Å²) in [6.45, 7) is 6.69. The van der Waals surface area contributed by atoms with Crippen LogP contribution >= 0.6 is 11.6 Å². The van der Waals surface area contributed by atoms with Gasteiger partial charge in [-0.1, -0.05) is 23.7 Å². The highest BCUT2D eigenvalue weighted by atomic mass is 35.5. The van der Waals surface area contributed by atoms with E-state index >= 15 is 0 Å². The van der Waals surface area contributed by atoms with Crippen molar-refractivity contribution in [1.82, 2.24) is 9.80 Å². The molecule has 4 nitrogen and oxygen atoms in total. The second-order valence-electron chi connectivity index (χ2n) is 7.13. The molecule has 1 saturated carbocycles. The lowest BCUT2D eigenvalue weighted by Crippen LogP contribution is -2.54. The summed E-state index contributed by atoms with van der Waals surface area (Å²) < 4.78 is 5.86. The molecular formula is C20H23ClN2O2. The fraction of sp³-hybridized carbons (Fsp3) is 0.450. The van der Waals surface area contributed by atoms with Crippen LogP contribution in [0.2, 0.25) is 5.02 Å². The predicted octanol–water partition coefficient (Wildman–Crippen LogP) is 4.22. The number of halogens is 1. The zero-order valence-corrected chi connectivity index (χ0v) is 15.4. The van der Waals surface area contributed by atoms with Gasteiger partial charge in [0.25, 0.3) is 5.91 Å². The first-order chi connectivity index (χ1) is 12.0. The zero-order chi connectivity index (χ0) is 17.6. The first kappa shape index (κ1) is 16.7. The van der Waals surface area contributed by atoms with Crippen LogP contribution in [0.4, 0.5) is 0 Å². The monoisotopic (exact) mass is 358 g/mol. The first-order valence-electron chi connectivity index (χ1n) is 8.95. The molecule has 1 amide bonds. The number of hydrogen-bond donors (Lipinski definition) is 0. The number of nitrogens with zero attached hydrogens (tertiary/aromatic N) is 2. The van der Waals surface area contributed by atoms with Crippen molar-refractivity contribution in [2.24, 2.45) is 0 Å². The van der Waals surface area contributed by atoms with Crippen LogP contribution in [0.5, 0.6) is 0 Å². The van der Waals surface area contributed by atoms with E-state index in [1.165, 1.54) is 12.8 Å². The van der Waals surface area contributed by atoms with Gasteiger partial charge in [-0.15, -0.1) is 0 Å². The van der Waals surface area contributed by atoms with Crippen LogP contribution in [0.3, 0.4) is 0 Å². The van der Waals surface area contributed by atoms with Gasteiger partial charge < -0.3 is 9.32 Å². The fourth-order valence-electron chi connectivity index (χ4n) is 3.70. The summed E-state index contributed by atoms with van der Waals surface area (Å²) in [5, 5.41) is 0.627. The highest BCUT2D eigenvalue weighted by Crippen LogP contribution is 2.33. The summed E-state index contributed by atoms with van der Waals surface area (Å²) >= 11 is 6.26. The van der Waals surface area contributed by atoms with Gasteiger partial charge >= 0.3 is 0 Å². The van der Waals surface area contributed by atoms with Gasteiger partial charge in [0.05, 0.1) is 10.6 Å². The number of carbonyl (C=O) groups is 1. The highest BCUT2D eigenvalue weighted by molar-refractivity contribution is 6.33. The SMILES string of the molecule is Cc1oc(-c2ccccc2Cl)cc1C(=O)N1CCN(C2CC2)CC1C. The van der Waals surface area contributed by atoms with Gasteiger partial charge in [0.2, 0.25) is 0 Å². The lowest BCUT2D eigenvalue weighted by Gasteiger charge is -2.40. The van der Waals surface area contributed by atoms with Gasteiger partial charge in [-0.25, -0.2) is 0 Å². The Morgan fingerprint density at radius 3 is 2.68 bits per heavy atom. The minimum Gasteiger partial charge on any atom is -0.460 e. The summed E-state index contributed by atoms with van der Waals surface area (Å²) in [6, 6.07) is 10.3. The second kappa shape index (κ2) is 6.50. The van der Waals surface area contributed by atoms with Gasteiger partial charge in [0.15, 0.2) is 0 Å². The molecule has 2 aliphatic rings. The lowest BCUT2D eigenvalue weighted by molar-refractivity contribution is 0.0472. The van der Waals surface area contributed by atoms with Crippen molar-refractivity contribution in [3.05, 3.63) is 46.7 Å². The number of rotatable bonds is 3. The van der Waals surface area contributed by atoms with Crippen LogP contribution in [0, 0.1) is 6.92 Å². The molecule has 25 heavy (non-hydrogen) atoms. The van der Waals surface area contributed by atoms with Crippen LogP contribution in [0.15, 0.2) is 34.7 Å². The third-order valence-electron chi connectivity index (χ3n) is 5.27. The van der Waals surface area contributed by atoms with Crippen molar-refractivity contribution in [3.8, 4) is 11.3 Å². The van der Waals surface area contributed by atoms with E-state index < -0.39 is 0 Å². The van der Waals surface area contributed by atoms with Crippen LogP contribution in [-0.2, 0) is 0 Å². The standard InChI is InChI=1S/C20H23ClN2O2/c1-13-12-22(15-7-8-15)9-10-23(13)20(24)17-11-19(25-14(17)2)16-5-3-4-6-18(16)21/h3-6,11,13,15H,7-10,12H2,1-2H3. The van der Waals surface area contributed by atoms with E-state index in [-0.39, 0.29) is 11.9 Å². The minimum absolute atomic E-state index is 0.0579. The maximum atomic E-state index is 13.1. The van der Waals surface area contributed by atoms with Crippen molar-refractivity contribution >= 4 is 17.5 Å². The molecule has 1 aliphatic carbocycles. The van der Waals surface area contributed by atoms with Crippen LogP contribution < -0.4 is 0 Å². The molecule has 2 aromatic rings. The number of carbonyl (C=O) groups excluding carboxylic acids is 1. The third-order valence-corrected chi connectivity index (χ3v) is 5.60. The zero-order valence-electron chi connectivity index (χ0n) is 14.7. The van der Waals surface area contributed by atoms with Crippen molar-refractivity contribution in [3.63, 3.8) is 0 Å². The topological polar surface area (TPSA) is 36.7 Å². The average Bonchev–Trinajstić information content (AvgIpc) is 3.37. The van der Waals surface area contributed by atoms with E-state index in [2.05, 4.69) is 11.8 Å². The number of benzene rings is 1. The Balaban J connectivity index is 1.55. The van der Waals surface area contributed by atoms with Gasteiger partial charge in [0.1, 0.15) is 11.5 Å². The van der Waals surface area contributed by atoms with Crippen molar-refractivity contribution < 1.29 is 9.21 Å². The van der Waals surface area contributed by atoms with Gasteiger partial charge in [-0.05, 0) is 44.9 Å². The molecular weight excluding hydrogens is 336 g/mol. The molecule has 0 bridgehead atoms. The maximum Gasteiger partial charge on any atom is 0.257 e. The second-order valence-corrected chi connectivity index (χ2v) is 7.54. The number of piperazine rings is 1. The third kappa shape index (κ3) is 3.21. The Kier molecular flexibility index (Phi) is 4.34. The molecule has 2 heterocycles. The van der Waals surface area contributed by atoms with Gasteiger partial charge in [0, 0.05) is 37.3 Å². The summed E-state index contributed by atoms with van der Waals surface area (Å²) in [7, 11) is 0. The molecule has 1 atom stereocenters. The maximum absolute atomic E-state index is 13.1. The molecule has 1 aliphatic heterocycles. The predicted molar refractivity (Wildman–Crippen MR) is 99.0 cm³/mol. The summed E-state index contributed by atoms with van der Waals surface area (Å²) in [4.78, 5) is 17.6. The largest absolute Gasteiger partial charge is 0.460 e. The number of furan rings is 1. The van der Waals surface area contributed by atoms with Crippen molar-refractivity contribution in [2.45, 2.75) is 38.8 Å². The van der Waals surface area contributed by atoms with Crippen LogP contribution in [0.1, 0.15) is 35.9 Å². The van der Waals surface area contributed by atoms with Crippen LogP contribution in [0.25, 0.3) is 11.3 Å². The Bertz CT molecular complexity index is 797. The lowest BCUT2D eigenvalue weighted by atomic mass is 10.1. The summed E-state index contributed by atoms with van der Waals surface area (Å²) in [6.07, 6.45) is 2.62. The van der Waals surface area contributed by atoms with E-state index in [9.17, 15) is 4.79 Å². The number of amides is 1. The summed E-state index contributed by atoms with van der Waals surface area (Å²) in [5.74, 6) is 1.36. The van der Waals surface area contributed by atoms with E-state index in [0.717, 1.165) is 31.2 Å². The van der Waals surface area contributed by atoms with E-state index in [1.54, 1.807) is 0 Å². The molecule has 1 unspecified atom stereocenters. The number of aryl methyl sites for hydroxylation is 1. The molecule has 132 valence electrons. The molecule has 4 rings (SSSR count). The Morgan fingerprint density at radius 1 is 1.24 bits per heavy atom. The molecule has 1 aromatic heterocycles. The quantitative estimate of drug-likeness (QED) is 0.824. The first-order valence-corrected chi connectivity index (χ1v) is 9.32. The Hall–Kier alpha value is -1.78. The molecule has 1 saturated heterocycles. The smallest absolute Gasteiger partial charge is 0.257 e. The summed E-state index contributed by atoms with van der Waals surface area (Å²) in [5.41, 5.74) is 1.46. The Morgan fingerprint density at radius 2 is 2.00 bits per heavy atom. The molecule has 1 aromatic carbocycles. The minimum atomic E-state index is 0.0579. The van der Waals surface area contributed by atoms with E-state index in [1.807, 2.05) is 42.2 Å². The van der Waals surface area contributed by atoms with Gasteiger partial charge in [-0.3, -0.25) is 9.69 Å². The van der Waals surface area contributed by atoms with Crippen molar-refractivity contribution in [2.75, 3.05) is 19.6 Å². The highest BCUT2D eigenvalue weighted by Gasteiger charge is 2.36. The van der Waals surface area contributed by atoms with E-state index in [4.69, 9.17) is 16.0 Å². The molecule has 5 heteroatoms. The molecule has 0 N–H and O–H groups in total. The fourth-order valence-corrected chi connectivity index (χ4v) is 3.93. The van der Waals surface area contributed by atoms with Crippen LogP contribution in [-0.4, -0.2) is 47.4 Å². The number of hydrogen-bond acceptors (Lipinski definition) is 3. The Labute approximate surface area is 153 Å². The van der Waals surface area contributed by atoms with Gasteiger partial charge in [-0.2, -0.15) is 0 Å². The average molecular weight is 359 g/mol. The van der Waals surface area contributed by atoms with Crippen molar-refractivity contribution in [1.29, 1.82) is 0 Å². The van der Waals surface area contributed by atoms with E-state index in [0.29, 0.717) is 22.1 Å². The molecule has 0 radical (unpaired) electrons. The normalized spacial score (nSPS) is 21.6. The molecule has 2 fully saturated rings.